The topological polar surface area (TPSA) is 84.9 Å². The van der Waals surface area contributed by atoms with Crippen molar-refractivity contribution >= 4 is 11.9 Å². The highest BCUT2D eigenvalue weighted by molar-refractivity contribution is 5.96. The summed E-state index contributed by atoms with van der Waals surface area (Å²) in [6, 6.07) is 6.84. The van der Waals surface area contributed by atoms with Crippen LogP contribution < -0.4 is 14.8 Å². The number of ether oxygens (including phenoxy) is 2. The van der Waals surface area contributed by atoms with E-state index in [-0.39, 0.29) is 23.8 Å². The zero-order chi connectivity index (χ0) is 18.8. The number of rotatable bonds is 5. The van der Waals surface area contributed by atoms with Crippen molar-refractivity contribution < 1.29 is 28.6 Å². The summed E-state index contributed by atoms with van der Waals surface area (Å²) in [6.07, 6.45) is 0.876. The van der Waals surface area contributed by atoms with Gasteiger partial charge in [-0.1, -0.05) is 0 Å². The predicted molar refractivity (Wildman–Crippen MR) is 91.3 cm³/mol. The van der Waals surface area contributed by atoms with Crippen LogP contribution in [-0.2, 0) is 13.0 Å². The predicted octanol–water partition coefficient (Wildman–Crippen LogP) is 2.79. The van der Waals surface area contributed by atoms with E-state index in [1.807, 2.05) is 19.1 Å². The molecule has 2 N–H and O–H groups in total. The van der Waals surface area contributed by atoms with Gasteiger partial charge in [-0.2, -0.15) is 0 Å². The zero-order valence-electron chi connectivity index (χ0n) is 14.3. The van der Waals surface area contributed by atoms with Gasteiger partial charge in [-0.15, -0.1) is 0 Å². The van der Waals surface area contributed by atoms with E-state index in [2.05, 4.69) is 5.32 Å². The molecule has 0 spiro atoms. The second-order valence-electron chi connectivity index (χ2n) is 6.09. The fourth-order valence-corrected chi connectivity index (χ4v) is 2.91. The number of carboxylic acids is 1. The van der Waals surface area contributed by atoms with Gasteiger partial charge >= 0.3 is 5.97 Å². The first-order valence-corrected chi connectivity index (χ1v) is 8.06. The molecule has 2 aromatic carbocycles. The van der Waals surface area contributed by atoms with Crippen molar-refractivity contribution in [3.8, 4) is 11.5 Å². The second-order valence-corrected chi connectivity index (χ2v) is 6.09. The van der Waals surface area contributed by atoms with Crippen LogP contribution in [0.25, 0.3) is 0 Å². The van der Waals surface area contributed by atoms with Gasteiger partial charge in [0.2, 0.25) is 0 Å². The molecule has 1 amide bonds. The van der Waals surface area contributed by atoms with Gasteiger partial charge in [0.15, 0.2) is 0 Å². The van der Waals surface area contributed by atoms with Gasteiger partial charge < -0.3 is 19.9 Å². The van der Waals surface area contributed by atoms with E-state index < -0.39 is 17.7 Å². The smallest absolute Gasteiger partial charge is 0.335 e. The van der Waals surface area contributed by atoms with E-state index in [1.54, 1.807) is 0 Å². The van der Waals surface area contributed by atoms with Crippen molar-refractivity contribution in [2.75, 3.05) is 7.11 Å². The van der Waals surface area contributed by atoms with Gasteiger partial charge in [0.25, 0.3) is 5.91 Å². The summed E-state index contributed by atoms with van der Waals surface area (Å²) in [4.78, 5) is 23.1. The average Bonchev–Trinajstić information content (AvgIpc) is 2.97. The third-order valence-electron chi connectivity index (χ3n) is 4.20. The molecular weight excluding hydrogens is 341 g/mol. The lowest BCUT2D eigenvalue weighted by Crippen LogP contribution is -2.24. The molecule has 1 unspecified atom stereocenters. The third-order valence-corrected chi connectivity index (χ3v) is 4.20. The molecule has 1 aliphatic heterocycles. The number of hydrogen-bond donors (Lipinski definition) is 2. The van der Waals surface area contributed by atoms with Crippen LogP contribution in [0.3, 0.4) is 0 Å². The molecule has 0 aromatic heterocycles. The first kappa shape index (κ1) is 17.7. The number of amides is 1. The van der Waals surface area contributed by atoms with Gasteiger partial charge in [0, 0.05) is 24.1 Å². The van der Waals surface area contributed by atoms with Crippen LogP contribution in [-0.4, -0.2) is 30.2 Å². The fraction of sp³-hybridized carbons (Fsp3) is 0.263. The summed E-state index contributed by atoms with van der Waals surface area (Å²) in [7, 11) is 1.54. The van der Waals surface area contributed by atoms with Gasteiger partial charge in [0.05, 0.1) is 18.2 Å². The number of nitrogens with one attached hydrogen (secondary N) is 1. The number of benzene rings is 2. The van der Waals surface area contributed by atoms with Crippen molar-refractivity contribution in [2.45, 2.75) is 26.0 Å². The van der Waals surface area contributed by atoms with Crippen molar-refractivity contribution in [3.05, 3.63) is 58.4 Å². The number of aromatic carboxylic acids is 1. The molecule has 1 heterocycles. The highest BCUT2D eigenvalue weighted by atomic mass is 19.1. The summed E-state index contributed by atoms with van der Waals surface area (Å²) in [5.74, 6) is -1.42. The maximum atomic E-state index is 14.0. The van der Waals surface area contributed by atoms with E-state index in [4.69, 9.17) is 14.6 Å². The largest absolute Gasteiger partial charge is 0.496 e. The maximum Gasteiger partial charge on any atom is 0.335 e. The van der Waals surface area contributed by atoms with Crippen LogP contribution in [0, 0.1) is 5.82 Å². The Morgan fingerprint density at radius 2 is 2.12 bits per heavy atom. The highest BCUT2D eigenvalue weighted by Gasteiger charge is 2.22. The van der Waals surface area contributed by atoms with Crippen molar-refractivity contribution in [1.29, 1.82) is 0 Å². The Labute approximate surface area is 149 Å². The third kappa shape index (κ3) is 3.46. The lowest BCUT2D eigenvalue weighted by molar-refractivity contribution is 0.0695. The quantitative estimate of drug-likeness (QED) is 0.858. The molecule has 26 heavy (non-hydrogen) atoms. The van der Waals surface area contributed by atoms with Crippen LogP contribution in [0.5, 0.6) is 11.5 Å². The van der Waals surface area contributed by atoms with E-state index in [1.165, 1.54) is 13.2 Å². The van der Waals surface area contributed by atoms with E-state index >= 15 is 0 Å². The minimum Gasteiger partial charge on any atom is -0.496 e. The Hall–Kier alpha value is -3.09. The minimum absolute atomic E-state index is 0.0846. The van der Waals surface area contributed by atoms with Crippen molar-refractivity contribution in [2.24, 2.45) is 0 Å². The monoisotopic (exact) mass is 359 g/mol. The Bertz CT molecular complexity index is 880. The van der Waals surface area contributed by atoms with E-state index in [0.29, 0.717) is 11.3 Å². The molecular formula is C19H18FNO5. The van der Waals surface area contributed by atoms with Crippen LogP contribution >= 0.6 is 0 Å². The number of halogens is 1. The molecule has 0 fully saturated rings. The molecule has 6 nitrogen and oxygen atoms in total. The fourth-order valence-electron chi connectivity index (χ4n) is 2.91. The minimum atomic E-state index is -1.26. The molecule has 0 radical (unpaired) electrons. The van der Waals surface area contributed by atoms with Gasteiger partial charge in [0.1, 0.15) is 23.4 Å². The van der Waals surface area contributed by atoms with Crippen LogP contribution in [0.2, 0.25) is 0 Å². The molecule has 1 aliphatic rings. The summed E-state index contributed by atoms with van der Waals surface area (Å²) >= 11 is 0. The molecule has 0 bridgehead atoms. The average molecular weight is 359 g/mol. The lowest BCUT2D eigenvalue weighted by atomic mass is 10.1. The van der Waals surface area contributed by atoms with E-state index in [0.717, 1.165) is 29.9 Å². The van der Waals surface area contributed by atoms with Gasteiger partial charge in [-0.3, -0.25) is 4.79 Å². The number of carboxylic acid groups (broad SMARTS) is 1. The van der Waals surface area contributed by atoms with Crippen LogP contribution in [0.15, 0.2) is 30.3 Å². The number of fused-ring (bicyclic) bond motifs is 1. The summed E-state index contributed by atoms with van der Waals surface area (Å²) in [5, 5.41) is 11.5. The SMILES string of the molecule is COc1cc2c(cc1CNC(=O)c1ccc(C(=O)O)cc1F)OC(C)C2. The van der Waals surface area contributed by atoms with Crippen LogP contribution in [0.1, 0.15) is 38.8 Å². The number of methoxy groups -OCH3 is 1. The number of carbonyl (C=O) groups excluding carboxylic acids is 1. The lowest BCUT2D eigenvalue weighted by Gasteiger charge is -2.12. The maximum absolute atomic E-state index is 14.0. The molecule has 1 atom stereocenters. The number of hydrogen-bond acceptors (Lipinski definition) is 4. The molecule has 0 saturated heterocycles. The normalized spacial score (nSPS) is 15.1. The van der Waals surface area contributed by atoms with Gasteiger partial charge in [-0.05, 0) is 37.3 Å². The number of carbonyl (C=O) groups is 2. The summed E-state index contributed by atoms with van der Waals surface area (Å²) < 4.78 is 25.1. The first-order chi connectivity index (χ1) is 12.4. The Morgan fingerprint density at radius 3 is 2.77 bits per heavy atom. The summed E-state index contributed by atoms with van der Waals surface area (Å²) in [6.45, 7) is 2.09. The summed E-state index contributed by atoms with van der Waals surface area (Å²) in [5.41, 5.74) is 1.31. The Balaban J connectivity index is 1.76. The molecule has 0 aliphatic carbocycles. The highest BCUT2D eigenvalue weighted by Crippen LogP contribution is 2.34. The van der Waals surface area contributed by atoms with Crippen LogP contribution in [0.4, 0.5) is 4.39 Å². The Morgan fingerprint density at radius 1 is 1.35 bits per heavy atom. The van der Waals surface area contributed by atoms with E-state index in [9.17, 15) is 14.0 Å². The standard InChI is InChI=1S/C19H18FNO5/c1-10-5-12-7-16(25-2)13(8-17(12)26-10)9-21-18(22)14-4-3-11(19(23)24)6-15(14)20/h3-4,6-8,10H,5,9H2,1-2H3,(H,21,22)(H,23,24). The zero-order valence-corrected chi connectivity index (χ0v) is 14.3. The molecule has 7 heteroatoms. The second kappa shape index (κ2) is 7.03. The molecule has 2 aromatic rings. The van der Waals surface area contributed by atoms with Crippen molar-refractivity contribution in [1.82, 2.24) is 5.32 Å². The Kier molecular flexibility index (Phi) is 4.79. The van der Waals surface area contributed by atoms with Crippen molar-refractivity contribution in [3.63, 3.8) is 0 Å². The first-order valence-electron chi connectivity index (χ1n) is 8.06. The van der Waals surface area contributed by atoms with Gasteiger partial charge in [-0.25, -0.2) is 9.18 Å². The molecule has 0 saturated carbocycles. The molecule has 3 rings (SSSR count). The molecule has 136 valence electrons.